The second kappa shape index (κ2) is 8.63. The van der Waals surface area contributed by atoms with Crippen LogP contribution in [0.15, 0.2) is 29.2 Å². The summed E-state index contributed by atoms with van der Waals surface area (Å²) >= 11 is 2.93. The summed E-state index contributed by atoms with van der Waals surface area (Å²) in [6.07, 6.45) is 3.81. The van der Waals surface area contributed by atoms with Crippen LogP contribution in [-0.2, 0) is 4.79 Å². The Morgan fingerprint density at radius 3 is 2.65 bits per heavy atom. The summed E-state index contributed by atoms with van der Waals surface area (Å²) in [5.74, 6) is 0.801. The molecule has 8 heteroatoms. The fraction of sp³-hybridized carbons (Fsp3) is 0.400. The SMILES string of the molecule is CSc1ccc(-c2nsc(NC(=O)C3CCNCC3)n2)cc1.Cl. The zero-order chi connectivity index (χ0) is 15.4. The van der Waals surface area contributed by atoms with Gasteiger partial charge in [0.05, 0.1) is 0 Å². The predicted molar refractivity (Wildman–Crippen MR) is 98.6 cm³/mol. The Kier molecular flexibility index (Phi) is 6.83. The lowest BCUT2D eigenvalue weighted by Gasteiger charge is -2.20. The van der Waals surface area contributed by atoms with Gasteiger partial charge in [0.1, 0.15) is 0 Å². The molecule has 2 N–H and O–H groups in total. The molecule has 1 aromatic heterocycles. The van der Waals surface area contributed by atoms with Gasteiger partial charge in [0.2, 0.25) is 11.0 Å². The van der Waals surface area contributed by atoms with Crippen LogP contribution in [0.3, 0.4) is 0 Å². The van der Waals surface area contributed by atoms with E-state index < -0.39 is 0 Å². The number of nitrogens with zero attached hydrogens (tertiary/aromatic N) is 2. The predicted octanol–water partition coefficient (Wildman–Crippen LogP) is 3.29. The number of hydrogen-bond acceptors (Lipinski definition) is 6. The summed E-state index contributed by atoms with van der Waals surface area (Å²) in [7, 11) is 0. The minimum Gasteiger partial charge on any atom is -0.317 e. The van der Waals surface area contributed by atoms with Crippen molar-refractivity contribution in [2.24, 2.45) is 5.92 Å². The lowest BCUT2D eigenvalue weighted by atomic mass is 9.97. The highest BCUT2D eigenvalue weighted by molar-refractivity contribution is 7.98. The van der Waals surface area contributed by atoms with Crippen molar-refractivity contribution in [2.75, 3.05) is 24.7 Å². The van der Waals surface area contributed by atoms with Crippen molar-refractivity contribution < 1.29 is 4.79 Å². The molecule has 2 heterocycles. The van der Waals surface area contributed by atoms with Crippen LogP contribution in [0.2, 0.25) is 0 Å². The van der Waals surface area contributed by atoms with Gasteiger partial charge in [-0.15, -0.1) is 24.2 Å². The first-order valence-corrected chi connectivity index (χ1v) is 9.26. The first kappa shape index (κ1) is 18.2. The van der Waals surface area contributed by atoms with Crippen LogP contribution in [0.5, 0.6) is 0 Å². The highest BCUT2D eigenvalue weighted by atomic mass is 35.5. The maximum Gasteiger partial charge on any atom is 0.229 e. The highest BCUT2D eigenvalue weighted by Crippen LogP contribution is 2.24. The Morgan fingerprint density at radius 1 is 1.30 bits per heavy atom. The summed E-state index contributed by atoms with van der Waals surface area (Å²) in [5, 5.41) is 6.74. The molecule has 2 aromatic rings. The molecule has 1 amide bonds. The molecule has 1 aliphatic heterocycles. The third kappa shape index (κ3) is 4.67. The maximum atomic E-state index is 12.2. The first-order valence-electron chi connectivity index (χ1n) is 7.26. The first-order chi connectivity index (χ1) is 10.8. The van der Waals surface area contributed by atoms with Crippen LogP contribution in [0.25, 0.3) is 11.4 Å². The molecule has 0 unspecified atom stereocenters. The zero-order valence-electron chi connectivity index (χ0n) is 12.7. The topological polar surface area (TPSA) is 66.9 Å². The summed E-state index contributed by atoms with van der Waals surface area (Å²) in [6, 6.07) is 8.11. The van der Waals surface area contributed by atoms with Gasteiger partial charge in [-0.05, 0) is 44.3 Å². The molecule has 0 aliphatic carbocycles. The molecule has 0 atom stereocenters. The normalized spacial score (nSPS) is 15.0. The second-order valence-corrected chi connectivity index (χ2v) is 6.80. The number of anilines is 1. The van der Waals surface area contributed by atoms with Crippen molar-refractivity contribution in [3.05, 3.63) is 24.3 Å². The van der Waals surface area contributed by atoms with Crippen molar-refractivity contribution in [1.29, 1.82) is 0 Å². The van der Waals surface area contributed by atoms with E-state index in [1.54, 1.807) is 11.8 Å². The monoisotopic (exact) mass is 370 g/mol. The Morgan fingerprint density at radius 2 is 2.00 bits per heavy atom. The molecule has 0 saturated carbocycles. The van der Waals surface area contributed by atoms with E-state index in [2.05, 4.69) is 20.0 Å². The molecule has 124 valence electrons. The molecule has 0 bridgehead atoms. The number of nitrogens with one attached hydrogen (secondary N) is 2. The van der Waals surface area contributed by atoms with Gasteiger partial charge in [-0.3, -0.25) is 4.79 Å². The molecule has 0 radical (unpaired) electrons. The average molecular weight is 371 g/mol. The standard InChI is InChI=1S/C15H18N4OS2.ClH/c1-21-12-4-2-10(3-5-12)13-17-15(22-19-13)18-14(20)11-6-8-16-9-7-11;/h2-5,11,16H,6-9H2,1H3,(H,17,18,19,20);1H. The number of benzene rings is 1. The van der Waals surface area contributed by atoms with Crippen LogP contribution in [-0.4, -0.2) is 34.6 Å². The van der Waals surface area contributed by atoms with Crippen LogP contribution in [0.4, 0.5) is 5.13 Å². The molecular weight excluding hydrogens is 352 g/mol. The van der Waals surface area contributed by atoms with E-state index >= 15 is 0 Å². The van der Waals surface area contributed by atoms with Crippen molar-refractivity contribution in [1.82, 2.24) is 14.7 Å². The van der Waals surface area contributed by atoms with Crippen molar-refractivity contribution in [2.45, 2.75) is 17.7 Å². The van der Waals surface area contributed by atoms with Crippen LogP contribution in [0, 0.1) is 5.92 Å². The van der Waals surface area contributed by atoms with E-state index in [0.717, 1.165) is 31.5 Å². The molecule has 1 fully saturated rings. The quantitative estimate of drug-likeness (QED) is 0.808. The number of aromatic nitrogens is 2. The highest BCUT2D eigenvalue weighted by Gasteiger charge is 2.22. The van der Waals surface area contributed by atoms with E-state index in [0.29, 0.717) is 11.0 Å². The summed E-state index contributed by atoms with van der Waals surface area (Å²) < 4.78 is 4.34. The van der Waals surface area contributed by atoms with Crippen molar-refractivity contribution >= 4 is 46.7 Å². The van der Waals surface area contributed by atoms with E-state index in [1.807, 2.05) is 30.5 Å². The molecule has 3 rings (SSSR count). The van der Waals surface area contributed by atoms with E-state index in [4.69, 9.17) is 0 Å². The number of halogens is 1. The fourth-order valence-corrected chi connectivity index (χ4v) is 3.42. The minimum atomic E-state index is 0. The smallest absolute Gasteiger partial charge is 0.229 e. The number of rotatable bonds is 4. The third-order valence-electron chi connectivity index (χ3n) is 3.71. The molecule has 1 aliphatic rings. The van der Waals surface area contributed by atoms with Crippen LogP contribution >= 0.6 is 35.7 Å². The number of carbonyl (C=O) groups is 1. The van der Waals surface area contributed by atoms with Gasteiger partial charge in [0.25, 0.3) is 0 Å². The van der Waals surface area contributed by atoms with Gasteiger partial charge in [0, 0.05) is 27.9 Å². The van der Waals surface area contributed by atoms with E-state index in [1.165, 1.54) is 16.4 Å². The Balaban J connectivity index is 0.00000192. The molecule has 5 nitrogen and oxygen atoms in total. The molecule has 23 heavy (non-hydrogen) atoms. The summed E-state index contributed by atoms with van der Waals surface area (Å²) in [4.78, 5) is 17.8. The van der Waals surface area contributed by atoms with E-state index in [-0.39, 0.29) is 24.2 Å². The van der Waals surface area contributed by atoms with Crippen molar-refractivity contribution in [3.63, 3.8) is 0 Å². The molecule has 1 aromatic carbocycles. The third-order valence-corrected chi connectivity index (χ3v) is 5.09. The fourth-order valence-electron chi connectivity index (χ4n) is 2.42. The molecule has 0 spiro atoms. The van der Waals surface area contributed by atoms with Crippen LogP contribution in [0.1, 0.15) is 12.8 Å². The van der Waals surface area contributed by atoms with Gasteiger partial charge in [0.15, 0.2) is 5.82 Å². The number of thioether (sulfide) groups is 1. The number of hydrogen-bond donors (Lipinski definition) is 2. The summed E-state index contributed by atoms with van der Waals surface area (Å²) in [5.41, 5.74) is 0.969. The Hall–Kier alpha value is -1.15. The second-order valence-electron chi connectivity index (χ2n) is 5.17. The van der Waals surface area contributed by atoms with Crippen LogP contribution < -0.4 is 10.6 Å². The zero-order valence-corrected chi connectivity index (χ0v) is 15.2. The average Bonchev–Trinajstić information content (AvgIpc) is 3.04. The lowest BCUT2D eigenvalue weighted by Crippen LogP contribution is -2.34. The largest absolute Gasteiger partial charge is 0.317 e. The Bertz CT molecular complexity index is 641. The van der Waals surface area contributed by atoms with Gasteiger partial charge in [-0.2, -0.15) is 9.36 Å². The van der Waals surface area contributed by atoms with Gasteiger partial charge >= 0.3 is 0 Å². The van der Waals surface area contributed by atoms with E-state index in [9.17, 15) is 4.79 Å². The number of carbonyl (C=O) groups excluding carboxylic acids is 1. The van der Waals surface area contributed by atoms with Gasteiger partial charge < -0.3 is 10.6 Å². The summed E-state index contributed by atoms with van der Waals surface area (Å²) in [6.45, 7) is 1.81. The minimum absolute atomic E-state index is 0. The molecule has 1 saturated heterocycles. The lowest BCUT2D eigenvalue weighted by molar-refractivity contribution is -0.120. The Labute approximate surface area is 150 Å². The van der Waals surface area contributed by atoms with Gasteiger partial charge in [-0.25, -0.2) is 0 Å². The van der Waals surface area contributed by atoms with Crippen molar-refractivity contribution in [3.8, 4) is 11.4 Å². The maximum absolute atomic E-state index is 12.2. The number of piperidine rings is 1. The van der Waals surface area contributed by atoms with Gasteiger partial charge in [-0.1, -0.05) is 12.1 Å². The number of amides is 1. The molecular formula is C15H19ClN4OS2.